The van der Waals surface area contributed by atoms with Crippen LogP contribution < -0.4 is 0 Å². The molecule has 1 N–H and O–H groups in total. The molecule has 4 atom stereocenters. The average molecular weight is 414 g/mol. The molecule has 1 amide bonds. The second-order valence-electron chi connectivity index (χ2n) is 8.90. The maximum atomic E-state index is 14.2. The highest BCUT2D eigenvalue weighted by Crippen LogP contribution is 2.54. The van der Waals surface area contributed by atoms with Gasteiger partial charge in [-0.2, -0.15) is 0 Å². The van der Waals surface area contributed by atoms with Gasteiger partial charge in [-0.15, -0.1) is 0 Å². The Morgan fingerprint density at radius 2 is 1.45 bits per heavy atom. The molecule has 1 saturated heterocycles. The molecule has 0 saturated carbocycles. The van der Waals surface area contributed by atoms with E-state index in [4.69, 9.17) is 4.74 Å². The number of rotatable bonds is 4. The van der Waals surface area contributed by atoms with Crippen LogP contribution in [0, 0.1) is 0 Å². The second-order valence-corrected chi connectivity index (χ2v) is 8.90. The van der Waals surface area contributed by atoms with E-state index < -0.39 is 23.3 Å². The number of amides is 1. The quantitative estimate of drug-likeness (QED) is 0.692. The smallest absolute Gasteiger partial charge is 0.236 e. The van der Waals surface area contributed by atoms with Gasteiger partial charge in [-0.25, -0.2) is 0 Å². The Labute approximate surface area is 183 Å². The minimum atomic E-state index is -0.933. The van der Waals surface area contributed by atoms with E-state index in [9.17, 15) is 9.90 Å². The van der Waals surface area contributed by atoms with Crippen molar-refractivity contribution < 1.29 is 14.6 Å². The molecule has 0 bridgehead atoms. The van der Waals surface area contributed by atoms with Crippen molar-refractivity contribution in [2.45, 2.75) is 43.6 Å². The summed E-state index contributed by atoms with van der Waals surface area (Å²) in [5.41, 5.74) is 2.37. The van der Waals surface area contributed by atoms with Crippen LogP contribution in [-0.4, -0.2) is 28.6 Å². The lowest BCUT2D eigenvalue weighted by Gasteiger charge is -2.48. The number of benzene rings is 3. The summed E-state index contributed by atoms with van der Waals surface area (Å²) >= 11 is 0. The normalized spacial score (nSPS) is 29.5. The Kier molecular flexibility index (Phi) is 4.72. The molecule has 3 aromatic carbocycles. The van der Waals surface area contributed by atoms with Gasteiger partial charge in [0, 0.05) is 5.56 Å². The highest BCUT2D eigenvalue weighted by Gasteiger charge is 2.61. The molecule has 0 radical (unpaired) electrons. The van der Waals surface area contributed by atoms with Crippen LogP contribution >= 0.6 is 0 Å². The van der Waals surface area contributed by atoms with Crippen LogP contribution in [0.2, 0.25) is 0 Å². The lowest BCUT2D eigenvalue weighted by Crippen LogP contribution is -2.60. The minimum Gasteiger partial charge on any atom is -0.394 e. The Morgan fingerprint density at radius 1 is 0.871 bits per heavy atom. The number of hydrogen-bond acceptors (Lipinski definition) is 3. The van der Waals surface area contributed by atoms with Crippen LogP contribution in [0.4, 0.5) is 0 Å². The molecule has 5 rings (SSSR count). The highest BCUT2D eigenvalue weighted by molar-refractivity contribution is 5.92. The van der Waals surface area contributed by atoms with Gasteiger partial charge in [-0.3, -0.25) is 4.79 Å². The Balaban J connectivity index is 1.67. The van der Waals surface area contributed by atoms with Gasteiger partial charge in [0.05, 0.1) is 18.1 Å². The monoisotopic (exact) mass is 413 g/mol. The minimum absolute atomic E-state index is 0.00460. The number of fused-ring (bicyclic) bond motifs is 3. The Hall–Kier alpha value is -2.95. The summed E-state index contributed by atoms with van der Waals surface area (Å²) in [4.78, 5) is 16.0. The largest absolute Gasteiger partial charge is 0.394 e. The predicted octanol–water partition coefficient (Wildman–Crippen LogP) is 4.33. The second kappa shape index (κ2) is 7.33. The first kappa shape index (κ1) is 20.0. The SMILES string of the molecule is C[C@@]1(Cc2ccccc2)C(=O)N2[C@@H](CO)[C@H](c3ccccc3)O[C@]2(C)c2ccccc21. The molecule has 0 aromatic heterocycles. The number of aliphatic hydroxyl groups is 1. The van der Waals surface area contributed by atoms with Crippen molar-refractivity contribution in [3.05, 3.63) is 107 Å². The van der Waals surface area contributed by atoms with Gasteiger partial charge in [0.15, 0.2) is 5.72 Å². The third-order valence-electron chi connectivity index (χ3n) is 6.93. The average Bonchev–Trinajstić information content (AvgIpc) is 3.13. The van der Waals surface area contributed by atoms with Crippen LogP contribution in [0.25, 0.3) is 0 Å². The van der Waals surface area contributed by atoms with Crippen molar-refractivity contribution >= 4 is 5.91 Å². The van der Waals surface area contributed by atoms with E-state index in [1.165, 1.54) is 0 Å². The van der Waals surface area contributed by atoms with Gasteiger partial charge in [-0.05, 0) is 37.0 Å². The predicted molar refractivity (Wildman–Crippen MR) is 119 cm³/mol. The van der Waals surface area contributed by atoms with Gasteiger partial charge in [0.2, 0.25) is 5.91 Å². The van der Waals surface area contributed by atoms with Gasteiger partial charge in [0.1, 0.15) is 6.10 Å². The van der Waals surface area contributed by atoms with E-state index >= 15 is 0 Å². The third-order valence-corrected chi connectivity index (χ3v) is 6.93. The van der Waals surface area contributed by atoms with Crippen molar-refractivity contribution in [1.29, 1.82) is 0 Å². The third kappa shape index (κ3) is 2.93. The van der Waals surface area contributed by atoms with Crippen molar-refractivity contribution in [1.82, 2.24) is 4.90 Å². The fraction of sp³-hybridized carbons (Fsp3) is 0.296. The van der Waals surface area contributed by atoms with Crippen LogP contribution in [0.5, 0.6) is 0 Å². The van der Waals surface area contributed by atoms with Crippen LogP contribution in [0.3, 0.4) is 0 Å². The van der Waals surface area contributed by atoms with Crippen LogP contribution in [-0.2, 0) is 27.1 Å². The molecule has 3 aromatic rings. The first-order chi connectivity index (χ1) is 15.0. The topological polar surface area (TPSA) is 49.8 Å². The molecular formula is C27H27NO3. The molecule has 0 aliphatic carbocycles. The zero-order valence-corrected chi connectivity index (χ0v) is 17.9. The lowest BCUT2D eigenvalue weighted by atomic mass is 9.69. The maximum Gasteiger partial charge on any atom is 0.236 e. The number of carbonyl (C=O) groups excluding carboxylic acids is 1. The summed E-state index contributed by atoms with van der Waals surface area (Å²) < 4.78 is 6.63. The van der Waals surface area contributed by atoms with E-state index in [1.54, 1.807) is 4.90 Å². The molecule has 31 heavy (non-hydrogen) atoms. The van der Waals surface area contributed by atoms with Crippen molar-refractivity contribution in [3.8, 4) is 0 Å². The maximum absolute atomic E-state index is 14.2. The summed E-state index contributed by atoms with van der Waals surface area (Å²) in [6.07, 6.45) is 0.192. The number of hydrogen-bond donors (Lipinski definition) is 1. The Morgan fingerprint density at radius 3 is 2.10 bits per heavy atom. The van der Waals surface area contributed by atoms with E-state index in [0.29, 0.717) is 6.42 Å². The van der Waals surface area contributed by atoms with E-state index in [0.717, 1.165) is 22.3 Å². The van der Waals surface area contributed by atoms with Crippen molar-refractivity contribution in [3.63, 3.8) is 0 Å². The molecule has 4 nitrogen and oxygen atoms in total. The molecule has 2 aliphatic rings. The van der Waals surface area contributed by atoms with E-state index in [1.807, 2.05) is 80.6 Å². The zero-order chi connectivity index (χ0) is 21.6. The fourth-order valence-electron chi connectivity index (χ4n) is 5.41. The number of carbonyl (C=O) groups is 1. The zero-order valence-electron chi connectivity index (χ0n) is 17.9. The lowest BCUT2D eigenvalue weighted by molar-refractivity contribution is -0.163. The molecule has 0 unspecified atom stereocenters. The first-order valence-corrected chi connectivity index (χ1v) is 10.8. The molecule has 2 aliphatic heterocycles. The van der Waals surface area contributed by atoms with Crippen LogP contribution in [0.15, 0.2) is 84.9 Å². The summed E-state index contributed by atoms with van der Waals surface area (Å²) in [5.74, 6) is -0.00460. The fourth-order valence-corrected chi connectivity index (χ4v) is 5.41. The molecule has 1 fully saturated rings. The molecule has 158 valence electrons. The van der Waals surface area contributed by atoms with Crippen molar-refractivity contribution in [2.24, 2.45) is 0 Å². The van der Waals surface area contributed by atoms with Gasteiger partial charge >= 0.3 is 0 Å². The first-order valence-electron chi connectivity index (χ1n) is 10.8. The van der Waals surface area contributed by atoms with E-state index in [2.05, 4.69) is 18.2 Å². The summed E-state index contributed by atoms with van der Waals surface area (Å²) in [6.45, 7) is 3.81. The number of aliphatic hydroxyl groups excluding tert-OH is 1. The summed E-state index contributed by atoms with van der Waals surface area (Å²) in [6, 6.07) is 27.6. The molecular weight excluding hydrogens is 386 g/mol. The Bertz CT molecular complexity index is 1100. The standard InChI is InChI=1S/C27H27NO3/c1-26(17-19-11-5-3-6-12-19)21-15-9-10-16-22(21)27(2)28(25(26)30)23(18-29)24(31-27)20-13-7-4-8-14-20/h3-16,23-24,29H,17-18H2,1-2H3/t23-,24-,26-,27+/m0/s1. The van der Waals surface area contributed by atoms with Crippen molar-refractivity contribution in [2.75, 3.05) is 6.61 Å². The summed E-state index contributed by atoms with van der Waals surface area (Å²) in [7, 11) is 0. The van der Waals surface area contributed by atoms with E-state index in [-0.39, 0.29) is 12.5 Å². The molecule has 4 heteroatoms. The summed E-state index contributed by atoms with van der Waals surface area (Å²) in [5, 5.41) is 10.4. The van der Waals surface area contributed by atoms with Crippen LogP contribution in [0.1, 0.15) is 42.2 Å². The number of ether oxygens (including phenoxy) is 1. The van der Waals surface area contributed by atoms with Gasteiger partial charge in [0.25, 0.3) is 0 Å². The van der Waals surface area contributed by atoms with Gasteiger partial charge < -0.3 is 14.7 Å². The molecule has 0 spiro atoms. The van der Waals surface area contributed by atoms with Gasteiger partial charge in [-0.1, -0.05) is 84.9 Å². The highest BCUT2D eigenvalue weighted by atomic mass is 16.5. The number of nitrogens with zero attached hydrogens (tertiary/aromatic N) is 1. The molecule has 2 heterocycles.